The van der Waals surface area contributed by atoms with Crippen molar-refractivity contribution in [1.29, 1.82) is 0 Å². The van der Waals surface area contributed by atoms with E-state index in [4.69, 9.17) is 4.74 Å². The number of ether oxygens (including phenoxy) is 1. The molecule has 0 aromatic heterocycles. The smallest absolute Gasteiger partial charge is 0.309 e. The van der Waals surface area contributed by atoms with E-state index in [9.17, 15) is 9.59 Å². The fourth-order valence-corrected chi connectivity index (χ4v) is 0.883. The Morgan fingerprint density at radius 3 is 2.20 bits per heavy atom. The summed E-state index contributed by atoms with van der Waals surface area (Å²) in [4.78, 5) is 22.0. The molecule has 0 aromatic carbocycles. The van der Waals surface area contributed by atoms with Crippen molar-refractivity contribution in [2.75, 3.05) is 6.61 Å². The number of ketones is 1. The highest BCUT2D eigenvalue weighted by atomic mass is 16.5. The van der Waals surface area contributed by atoms with Gasteiger partial charge in [0.05, 0.1) is 13.0 Å². The van der Waals surface area contributed by atoms with Crippen molar-refractivity contribution in [2.45, 2.75) is 34.1 Å². The topological polar surface area (TPSA) is 43.4 Å². The predicted molar refractivity (Wildman–Crippen MR) is 59.4 cm³/mol. The summed E-state index contributed by atoms with van der Waals surface area (Å²) >= 11 is 0. The molecule has 0 fully saturated rings. The average molecular weight is 210 g/mol. The monoisotopic (exact) mass is 210 g/mol. The van der Waals surface area contributed by atoms with Gasteiger partial charge in [0.25, 0.3) is 0 Å². The van der Waals surface area contributed by atoms with E-state index < -0.39 is 0 Å². The maximum atomic E-state index is 11.1. The molecule has 0 heterocycles. The molecule has 0 aliphatic rings. The minimum absolute atomic E-state index is 0.0372. The normalized spacial score (nSPS) is 12.5. The first-order chi connectivity index (χ1) is 6.97. The standard InChI is InChI=1S/C12H18O3/c1-5-15-12(14)8-9(2)6-7-10(3)11(4)13/h6-7H,5,8H2,1-4H3/b9-6+,10-7+. The highest BCUT2D eigenvalue weighted by Crippen LogP contribution is 2.04. The summed E-state index contributed by atoms with van der Waals surface area (Å²) in [6.07, 6.45) is 3.76. The third-order valence-corrected chi connectivity index (χ3v) is 1.90. The molecular weight excluding hydrogens is 192 g/mol. The van der Waals surface area contributed by atoms with Gasteiger partial charge in [0.2, 0.25) is 0 Å². The van der Waals surface area contributed by atoms with Crippen LogP contribution >= 0.6 is 0 Å². The third kappa shape index (κ3) is 6.66. The molecule has 15 heavy (non-hydrogen) atoms. The quantitative estimate of drug-likeness (QED) is 0.397. The number of hydrogen-bond acceptors (Lipinski definition) is 3. The summed E-state index contributed by atoms with van der Waals surface area (Å²) in [6, 6.07) is 0. The van der Waals surface area contributed by atoms with Crippen LogP contribution in [0, 0.1) is 0 Å². The van der Waals surface area contributed by atoms with Gasteiger partial charge in [-0.05, 0) is 33.3 Å². The van der Waals surface area contributed by atoms with Gasteiger partial charge in [-0.15, -0.1) is 0 Å². The highest BCUT2D eigenvalue weighted by molar-refractivity contribution is 5.92. The fourth-order valence-electron chi connectivity index (χ4n) is 0.883. The van der Waals surface area contributed by atoms with Crippen molar-refractivity contribution in [3.63, 3.8) is 0 Å². The zero-order chi connectivity index (χ0) is 11.8. The van der Waals surface area contributed by atoms with Gasteiger partial charge in [0.1, 0.15) is 0 Å². The van der Waals surface area contributed by atoms with Gasteiger partial charge >= 0.3 is 5.97 Å². The molecule has 0 N–H and O–H groups in total. The van der Waals surface area contributed by atoms with Crippen LogP contribution in [0.5, 0.6) is 0 Å². The van der Waals surface area contributed by atoms with E-state index in [2.05, 4.69) is 0 Å². The molecule has 0 atom stereocenters. The molecule has 0 amide bonds. The Morgan fingerprint density at radius 1 is 1.13 bits per heavy atom. The molecule has 0 radical (unpaired) electrons. The Kier molecular flexibility index (Phi) is 6.34. The lowest BCUT2D eigenvalue weighted by atomic mass is 10.1. The Bertz CT molecular complexity index is 298. The molecule has 3 nitrogen and oxygen atoms in total. The first-order valence-corrected chi connectivity index (χ1v) is 4.98. The number of esters is 1. The highest BCUT2D eigenvalue weighted by Gasteiger charge is 2.01. The minimum atomic E-state index is -0.236. The third-order valence-electron chi connectivity index (χ3n) is 1.90. The Morgan fingerprint density at radius 2 is 1.73 bits per heavy atom. The van der Waals surface area contributed by atoms with Crippen LogP contribution in [0.1, 0.15) is 34.1 Å². The summed E-state index contributed by atoms with van der Waals surface area (Å²) in [5.41, 5.74) is 1.56. The molecular formula is C12H18O3. The van der Waals surface area contributed by atoms with Crippen molar-refractivity contribution in [3.8, 4) is 0 Å². The van der Waals surface area contributed by atoms with E-state index in [0.717, 1.165) is 5.57 Å². The molecule has 0 bridgehead atoms. The Balaban J connectivity index is 4.27. The molecule has 0 aliphatic heterocycles. The van der Waals surface area contributed by atoms with Crippen molar-refractivity contribution >= 4 is 11.8 Å². The van der Waals surface area contributed by atoms with Gasteiger partial charge in [0.15, 0.2) is 5.78 Å². The van der Waals surface area contributed by atoms with E-state index in [1.807, 2.05) is 6.92 Å². The van der Waals surface area contributed by atoms with Crippen molar-refractivity contribution in [1.82, 2.24) is 0 Å². The van der Waals surface area contributed by atoms with Gasteiger partial charge in [-0.2, -0.15) is 0 Å². The summed E-state index contributed by atoms with van der Waals surface area (Å²) < 4.78 is 4.80. The van der Waals surface area contributed by atoms with Crippen molar-refractivity contribution in [2.24, 2.45) is 0 Å². The van der Waals surface area contributed by atoms with Crippen LogP contribution < -0.4 is 0 Å². The maximum Gasteiger partial charge on any atom is 0.309 e. The van der Waals surface area contributed by atoms with Crippen LogP contribution in [0.2, 0.25) is 0 Å². The first kappa shape index (κ1) is 13.6. The average Bonchev–Trinajstić information content (AvgIpc) is 2.14. The lowest BCUT2D eigenvalue weighted by Gasteiger charge is -2.00. The van der Waals surface area contributed by atoms with Gasteiger partial charge in [-0.1, -0.05) is 17.7 Å². The van der Waals surface area contributed by atoms with Crippen molar-refractivity contribution < 1.29 is 14.3 Å². The lowest BCUT2D eigenvalue weighted by Crippen LogP contribution is -2.03. The van der Waals surface area contributed by atoms with E-state index in [1.54, 1.807) is 26.0 Å². The predicted octanol–water partition coefficient (Wildman–Crippen LogP) is 2.42. The molecule has 0 aromatic rings. The second kappa shape index (κ2) is 6.98. The van der Waals surface area contributed by atoms with Crippen LogP contribution in [0.4, 0.5) is 0 Å². The number of Topliss-reactive ketones (excluding diaryl/α,β-unsaturated/α-hetero) is 1. The summed E-state index contributed by atoms with van der Waals surface area (Å²) in [5, 5.41) is 0. The van der Waals surface area contributed by atoms with E-state index in [0.29, 0.717) is 12.2 Å². The first-order valence-electron chi connectivity index (χ1n) is 4.98. The van der Waals surface area contributed by atoms with Crippen molar-refractivity contribution in [3.05, 3.63) is 23.3 Å². The molecule has 0 saturated carbocycles. The van der Waals surface area contributed by atoms with Crippen LogP contribution in [0.3, 0.4) is 0 Å². The van der Waals surface area contributed by atoms with Gasteiger partial charge < -0.3 is 4.74 Å². The number of allylic oxidation sites excluding steroid dienone is 3. The van der Waals surface area contributed by atoms with Gasteiger partial charge in [-0.3, -0.25) is 9.59 Å². The largest absolute Gasteiger partial charge is 0.466 e. The van der Waals surface area contributed by atoms with Crippen LogP contribution in [-0.2, 0) is 14.3 Å². The SMILES string of the molecule is CCOC(=O)C/C(C)=C/C=C(\C)C(C)=O. The van der Waals surface area contributed by atoms with E-state index in [1.165, 1.54) is 6.92 Å². The molecule has 0 rings (SSSR count). The second-order valence-corrected chi connectivity index (χ2v) is 3.40. The number of rotatable bonds is 5. The minimum Gasteiger partial charge on any atom is -0.466 e. The Hall–Kier alpha value is -1.38. The van der Waals surface area contributed by atoms with Crippen LogP contribution in [-0.4, -0.2) is 18.4 Å². The van der Waals surface area contributed by atoms with E-state index >= 15 is 0 Å². The van der Waals surface area contributed by atoms with Crippen LogP contribution in [0.15, 0.2) is 23.3 Å². The fraction of sp³-hybridized carbons (Fsp3) is 0.500. The zero-order valence-electron chi connectivity index (χ0n) is 9.79. The summed E-state index contributed by atoms with van der Waals surface area (Å²) in [6.45, 7) is 7.27. The molecule has 0 aliphatic carbocycles. The lowest BCUT2D eigenvalue weighted by molar-refractivity contribution is -0.142. The maximum absolute atomic E-state index is 11.1. The van der Waals surface area contributed by atoms with Gasteiger partial charge in [0, 0.05) is 0 Å². The molecule has 84 valence electrons. The van der Waals surface area contributed by atoms with Crippen LogP contribution in [0.25, 0.3) is 0 Å². The Labute approximate surface area is 90.8 Å². The van der Waals surface area contributed by atoms with Gasteiger partial charge in [-0.25, -0.2) is 0 Å². The number of carbonyl (C=O) groups is 2. The number of carbonyl (C=O) groups excluding carboxylic acids is 2. The van der Waals surface area contributed by atoms with E-state index in [-0.39, 0.29) is 18.2 Å². The summed E-state index contributed by atoms with van der Waals surface area (Å²) in [5.74, 6) is -0.199. The molecule has 0 spiro atoms. The molecule has 3 heteroatoms. The zero-order valence-corrected chi connectivity index (χ0v) is 9.79. The molecule has 0 saturated heterocycles. The molecule has 0 unspecified atom stereocenters. The summed E-state index contributed by atoms with van der Waals surface area (Å²) in [7, 11) is 0. The number of hydrogen-bond donors (Lipinski definition) is 0. The second-order valence-electron chi connectivity index (χ2n) is 3.40.